The minimum Gasteiger partial charge on any atom is -0.486 e. The number of furan rings is 1. The zero-order valence-corrected chi connectivity index (χ0v) is 18.3. The van der Waals surface area contributed by atoms with Crippen LogP contribution in [-0.2, 0) is 16.1 Å². The van der Waals surface area contributed by atoms with Crippen molar-refractivity contribution in [1.82, 2.24) is 0 Å². The maximum Gasteiger partial charge on any atom is 0.205 e. The highest BCUT2D eigenvalue weighted by atomic mass is 79.9. The fourth-order valence-electron chi connectivity index (χ4n) is 3.91. The molecule has 1 aromatic carbocycles. The van der Waals surface area contributed by atoms with E-state index in [4.69, 9.17) is 19.6 Å². The van der Waals surface area contributed by atoms with E-state index in [9.17, 15) is 10.1 Å². The molecule has 0 unspecified atom stereocenters. The van der Waals surface area contributed by atoms with Crippen LogP contribution in [0.4, 0.5) is 0 Å². The molecule has 1 aliphatic heterocycles. The second kappa shape index (κ2) is 7.69. The zero-order chi connectivity index (χ0) is 21.5. The Kier molecular flexibility index (Phi) is 5.20. The summed E-state index contributed by atoms with van der Waals surface area (Å²) in [4.78, 5) is 13.0. The second-order valence-corrected chi connectivity index (χ2v) is 9.17. The summed E-state index contributed by atoms with van der Waals surface area (Å²) in [6.07, 6.45) is 0.952. The number of Topliss-reactive ketones (excluding diaryl/α,β-unsaturated/α-hetero) is 1. The number of nitrogens with two attached hydrogens (primary N) is 1. The fourth-order valence-corrected chi connectivity index (χ4v) is 4.29. The molecule has 30 heavy (non-hydrogen) atoms. The van der Waals surface area contributed by atoms with Crippen LogP contribution >= 0.6 is 15.9 Å². The molecule has 4 rings (SSSR count). The first-order chi connectivity index (χ1) is 14.3. The number of carbonyl (C=O) groups excluding carboxylic acids is 1. The van der Waals surface area contributed by atoms with Crippen LogP contribution in [0.5, 0.6) is 5.75 Å². The van der Waals surface area contributed by atoms with Crippen molar-refractivity contribution in [3.63, 3.8) is 0 Å². The molecule has 2 aromatic rings. The third-order valence-electron chi connectivity index (χ3n) is 5.22. The zero-order valence-electron chi connectivity index (χ0n) is 16.7. The van der Waals surface area contributed by atoms with Crippen molar-refractivity contribution in [3.8, 4) is 11.8 Å². The highest BCUT2D eigenvalue weighted by Crippen LogP contribution is 2.48. The van der Waals surface area contributed by atoms with Gasteiger partial charge in [-0.25, -0.2) is 0 Å². The van der Waals surface area contributed by atoms with Gasteiger partial charge in [-0.2, -0.15) is 5.26 Å². The molecule has 1 atom stereocenters. The van der Waals surface area contributed by atoms with Gasteiger partial charge >= 0.3 is 0 Å². The minimum absolute atomic E-state index is 0.0232. The van der Waals surface area contributed by atoms with Gasteiger partial charge in [0.15, 0.2) is 5.78 Å². The van der Waals surface area contributed by atoms with Crippen LogP contribution in [0.1, 0.15) is 44.1 Å². The highest BCUT2D eigenvalue weighted by Gasteiger charge is 2.44. The molecular weight excluding hydrogens is 448 g/mol. The normalized spacial score (nSPS) is 20.5. The largest absolute Gasteiger partial charge is 0.486 e. The van der Waals surface area contributed by atoms with E-state index in [1.807, 2.05) is 38.1 Å². The molecule has 1 aliphatic carbocycles. The number of ketones is 1. The van der Waals surface area contributed by atoms with E-state index in [1.54, 1.807) is 12.1 Å². The molecule has 0 fully saturated rings. The highest BCUT2D eigenvalue weighted by molar-refractivity contribution is 9.10. The van der Waals surface area contributed by atoms with Crippen molar-refractivity contribution in [2.45, 2.75) is 39.2 Å². The topological polar surface area (TPSA) is 98.5 Å². The predicted molar refractivity (Wildman–Crippen MR) is 113 cm³/mol. The molecule has 2 N–H and O–H groups in total. The van der Waals surface area contributed by atoms with Crippen LogP contribution in [0, 0.1) is 16.7 Å². The van der Waals surface area contributed by atoms with Gasteiger partial charge in [0, 0.05) is 22.9 Å². The van der Waals surface area contributed by atoms with Crippen molar-refractivity contribution < 1.29 is 18.7 Å². The lowest BCUT2D eigenvalue weighted by Crippen LogP contribution is -2.33. The van der Waals surface area contributed by atoms with Crippen LogP contribution in [0.15, 0.2) is 68.1 Å². The number of carbonyl (C=O) groups is 1. The summed E-state index contributed by atoms with van der Waals surface area (Å²) >= 11 is 3.41. The third kappa shape index (κ3) is 3.88. The number of hydrogen-bond acceptors (Lipinski definition) is 6. The Bertz CT molecular complexity index is 1120. The summed E-state index contributed by atoms with van der Waals surface area (Å²) in [7, 11) is 0. The monoisotopic (exact) mass is 468 g/mol. The maximum atomic E-state index is 13.0. The summed E-state index contributed by atoms with van der Waals surface area (Å²) in [5.74, 6) is 1.60. The van der Waals surface area contributed by atoms with E-state index >= 15 is 0 Å². The Hall–Kier alpha value is -2.98. The van der Waals surface area contributed by atoms with Crippen LogP contribution in [0.2, 0.25) is 0 Å². The number of ether oxygens (including phenoxy) is 2. The van der Waals surface area contributed by atoms with Gasteiger partial charge in [0.2, 0.25) is 5.88 Å². The third-order valence-corrected chi connectivity index (χ3v) is 5.71. The van der Waals surface area contributed by atoms with Gasteiger partial charge in [0.25, 0.3) is 0 Å². The van der Waals surface area contributed by atoms with Gasteiger partial charge in [-0.1, -0.05) is 35.8 Å². The molecule has 0 spiro atoms. The van der Waals surface area contributed by atoms with Crippen LogP contribution < -0.4 is 10.5 Å². The van der Waals surface area contributed by atoms with Crippen molar-refractivity contribution in [1.29, 1.82) is 5.26 Å². The Morgan fingerprint density at radius 1 is 1.30 bits per heavy atom. The van der Waals surface area contributed by atoms with Gasteiger partial charge in [0.1, 0.15) is 41.3 Å². The first-order valence-corrected chi connectivity index (χ1v) is 10.4. The minimum atomic E-state index is -0.665. The first-order valence-electron chi connectivity index (χ1n) is 9.58. The van der Waals surface area contributed by atoms with Crippen molar-refractivity contribution in [3.05, 3.63) is 75.2 Å². The van der Waals surface area contributed by atoms with Gasteiger partial charge in [-0.3, -0.25) is 4.79 Å². The number of halogens is 1. The molecule has 2 aliphatic rings. The van der Waals surface area contributed by atoms with Gasteiger partial charge in [-0.05, 0) is 35.7 Å². The van der Waals surface area contributed by atoms with Gasteiger partial charge < -0.3 is 19.6 Å². The Morgan fingerprint density at radius 2 is 2.10 bits per heavy atom. The molecule has 0 saturated heterocycles. The van der Waals surface area contributed by atoms with Gasteiger partial charge in [0.05, 0.1) is 5.92 Å². The average Bonchev–Trinajstić information content (AvgIpc) is 3.13. The smallest absolute Gasteiger partial charge is 0.205 e. The summed E-state index contributed by atoms with van der Waals surface area (Å²) in [6.45, 7) is 4.24. The molecular formula is C23H21BrN2O4. The summed E-state index contributed by atoms with van der Waals surface area (Å²) in [6, 6.07) is 13.1. The van der Waals surface area contributed by atoms with Crippen LogP contribution in [0.25, 0.3) is 0 Å². The van der Waals surface area contributed by atoms with E-state index in [-0.39, 0.29) is 29.3 Å². The molecule has 6 nitrogen and oxygen atoms in total. The molecule has 2 heterocycles. The average molecular weight is 469 g/mol. The lowest BCUT2D eigenvalue weighted by Gasteiger charge is -2.36. The molecule has 0 bridgehead atoms. The quantitative estimate of drug-likeness (QED) is 0.671. The van der Waals surface area contributed by atoms with Crippen molar-refractivity contribution in [2.24, 2.45) is 11.1 Å². The number of benzene rings is 1. The number of nitriles is 1. The molecule has 0 radical (unpaired) electrons. The second-order valence-electron chi connectivity index (χ2n) is 8.25. The molecule has 0 saturated carbocycles. The summed E-state index contributed by atoms with van der Waals surface area (Å²) < 4.78 is 18.4. The Balaban J connectivity index is 1.64. The first kappa shape index (κ1) is 20.3. The summed E-state index contributed by atoms with van der Waals surface area (Å²) in [5, 5.41) is 9.68. The van der Waals surface area contributed by atoms with E-state index in [0.717, 1.165) is 4.47 Å². The van der Waals surface area contributed by atoms with Crippen LogP contribution in [0.3, 0.4) is 0 Å². The van der Waals surface area contributed by atoms with E-state index in [2.05, 4.69) is 22.0 Å². The van der Waals surface area contributed by atoms with E-state index in [0.29, 0.717) is 41.4 Å². The number of rotatable bonds is 4. The van der Waals surface area contributed by atoms with E-state index in [1.165, 1.54) is 0 Å². The number of nitrogens with zero attached hydrogens (tertiary/aromatic N) is 1. The standard InChI is InChI=1S/C23H21BrN2O4/c1-23(2)9-17(27)21-19(10-23)30-22(26)16(11-25)20(21)18-7-6-15(29-18)12-28-14-5-3-4-13(24)8-14/h3-8,20H,9-10,12,26H2,1-2H3/t20-/m1/s1. The molecule has 154 valence electrons. The Morgan fingerprint density at radius 3 is 2.83 bits per heavy atom. The predicted octanol–water partition coefficient (Wildman–Crippen LogP) is 5.07. The van der Waals surface area contributed by atoms with Crippen molar-refractivity contribution >= 4 is 21.7 Å². The van der Waals surface area contributed by atoms with Crippen molar-refractivity contribution in [2.75, 3.05) is 0 Å². The number of allylic oxidation sites excluding steroid dienone is 3. The van der Waals surface area contributed by atoms with E-state index < -0.39 is 5.92 Å². The Labute approximate surface area is 183 Å². The lowest BCUT2D eigenvalue weighted by atomic mass is 9.71. The fraction of sp³-hybridized carbons (Fsp3) is 0.304. The maximum absolute atomic E-state index is 13.0. The van der Waals surface area contributed by atoms with Crippen LogP contribution in [-0.4, -0.2) is 5.78 Å². The number of hydrogen-bond donors (Lipinski definition) is 1. The lowest BCUT2D eigenvalue weighted by molar-refractivity contribution is -0.119. The molecule has 7 heteroatoms. The molecule has 1 aromatic heterocycles. The van der Waals surface area contributed by atoms with Gasteiger partial charge in [-0.15, -0.1) is 0 Å². The summed E-state index contributed by atoms with van der Waals surface area (Å²) in [5.41, 5.74) is 6.46. The molecule has 0 amide bonds. The SMILES string of the molecule is CC1(C)CC(=O)C2=C(C1)OC(N)=C(C#N)[C@@H]2c1ccc(COc2cccc(Br)c2)o1.